The molecule has 0 radical (unpaired) electrons. The highest BCUT2D eigenvalue weighted by atomic mass is 32.2. The van der Waals surface area contributed by atoms with Gasteiger partial charge in [0.25, 0.3) is 0 Å². The van der Waals surface area contributed by atoms with E-state index in [1.807, 2.05) is 17.9 Å². The lowest BCUT2D eigenvalue weighted by Crippen LogP contribution is -2.49. The summed E-state index contributed by atoms with van der Waals surface area (Å²) < 4.78 is 0. The zero-order valence-electron chi connectivity index (χ0n) is 18.1. The van der Waals surface area contributed by atoms with Gasteiger partial charge in [-0.15, -0.1) is 11.3 Å². The lowest BCUT2D eigenvalue weighted by molar-refractivity contribution is -0.129. The molecule has 5 nitrogen and oxygen atoms in total. The number of carbonyl (C=O) groups is 1. The summed E-state index contributed by atoms with van der Waals surface area (Å²) >= 11 is 3.26. The predicted molar refractivity (Wildman–Crippen MR) is 131 cm³/mol. The highest BCUT2D eigenvalue weighted by Crippen LogP contribution is 2.31. The van der Waals surface area contributed by atoms with Gasteiger partial charge in [-0.2, -0.15) is 0 Å². The second-order valence-electron chi connectivity index (χ2n) is 7.64. The van der Waals surface area contributed by atoms with Crippen molar-refractivity contribution in [2.45, 2.75) is 25.3 Å². The second-order valence-corrected chi connectivity index (χ2v) is 9.72. The van der Waals surface area contributed by atoms with E-state index in [0.717, 1.165) is 60.2 Å². The number of thioether (sulfide) groups is 1. The average molecular weight is 453 g/mol. The van der Waals surface area contributed by atoms with Crippen molar-refractivity contribution in [3.8, 4) is 0 Å². The Morgan fingerprint density at radius 3 is 2.68 bits per heavy atom. The molecule has 0 saturated carbocycles. The molecule has 162 valence electrons. The van der Waals surface area contributed by atoms with Gasteiger partial charge in [0.05, 0.1) is 5.75 Å². The molecule has 1 amide bonds. The first-order chi connectivity index (χ1) is 15.1. The van der Waals surface area contributed by atoms with Gasteiger partial charge in [-0.1, -0.05) is 61.2 Å². The Morgan fingerprint density at radius 1 is 1.16 bits per heavy atom. The molecule has 7 heteroatoms. The average Bonchev–Trinajstić information content (AvgIpc) is 3.21. The number of carbonyl (C=O) groups excluding carboxylic acids is 1. The van der Waals surface area contributed by atoms with E-state index in [2.05, 4.69) is 64.3 Å². The van der Waals surface area contributed by atoms with Crippen LogP contribution in [-0.2, 0) is 11.2 Å². The molecule has 3 aromatic rings. The van der Waals surface area contributed by atoms with Crippen molar-refractivity contribution in [1.29, 1.82) is 0 Å². The van der Waals surface area contributed by atoms with E-state index in [-0.39, 0.29) is 5.91 Å². The first-order valence-electron chi connectivity index (χ1n) is 10.7. The van der Waals surface area contributed by atoms with Gasteiger partial charge < -0.3 is 4.90 Å². The van der Waals surface area contributed by atoms with E-state index in [1.54, 1.807) is 23.1 Å². The van der Waals surface area contributed by atoms with Crippen LogP contribution < -0.4 is 0 Å². The molecule has 0 unspecified atom stereocenters. The van der Waals surface area contributed by atoms with Crippen LogP contribution in [0.2, 0.25) is 0 Å². The molecule has 1 fully saturated rings. The van der Waals surface area contributed by atoms with Crippen LogP contribution in [0.1, 0.15) is 23.2 Å². The maximum atomic E-state index is 12.8. The summed E-state index contributed by atoms with van der Waals surface area (Å²) in [4.78, 5) is 28.7. The largest absolute Gasteiger partial charge is 0.339 e. The molecule has 0 spiro atoms. The number of amides is 1. The van der Waals surface area contributed by atoms with Crippen LogP contribution in [0.25, 0.3) is 16.3 Å². The summed E-state index contributed by atoms with van der Waals surface area (Å²) in [5, 5.41) is 2.01. The lowest BCUT2D eigenvalue weighted by atomic mass is 10.2. The number of piperazine rings is 1. The van der Waals surface area contributed by atoms with E-state index < -0.39 is 0 Å². The van der Waals surface area contributed by atoms with Crippen LogP contribution in [-0.4, -0.2) is 64.2 Å². The molecular weight excluding hydrogens is 424 g/mol. The number of nitrogens with zero attached hydrogens (tertiary/aromatic N) is 4. The molecule has 1 saturated heterocycles. The molecule has 1 aromatic carbocycles. The minimum atomic E-state index is 0.194. The van der Waals surface area contributed by atoms with Crippen LogP contribution in [0.15, 0.2) is 47.5 Å². The van der Waals surface area contributed by atoms with Crippen molar-refractivity contribution in [3.05, 3.63) is 58.7 Å². The summed E-state index contributed by atoms with van der Waals surface area (Å²) in [6, 6.07) is 12.5. The maximum absolute atomic E-state index is 12.8. The third-order valence-electron chi connectivity index (χ3n) is 5.40. The number of aromatic nitrogens is 2. The van der Waals surface area contributed by atoms with Gasteiger partial charge in [0.15, 0.2) is 0 Å². The third-order valence-corrected chi connectivity index (χ3v) is 7.55. The van der Waals surface area contributed by atoms with Gasteiger partial charge in [-0.3, -0.25) is 9.69 Å². The van der Waals surface area contributed by atoms with Crippen molar-refractivity contribution < 1.29 is 4.79 Å². The topological polar surface area (TPSA) is 49.3 Å². The van der Waals surface area contributed by atoms with Crippen molar-refractivity contribution in [1.82, 2.24) is 19.8 Å². The maximum Gasteiger partial charge on any atom is 0.233 e. The van der Waals surface area contributed by atoms with Crippen LogP contribution in [0.4, 0.5) is 0 Å². The van der Waals surface area contributed by atoms with Crippen LogP contribution in [0.3, 0.4) is 0 Å². The first-order valence-corrected chi connectivity index (χ1v) is 12.5. The Morgan fingerprint density at radius 2 is 1.94 bits per heavy atom. The van der Waals surface area contributed by atoms with Crippen LogP contribution >= 0.6 is 23.1 Å². The molecule has 0 atom stereocenters. The van der Waals surface area contributed by atoms with Gasteiger partial charge in [-0.05, 0) is 25.0 Å². The molecule has 4 rings (SSSR count). The van der Waals surface area contributed by atoms with Crippen molar-refractivity contribution in [3.63, 3.8) is 0 Å². The highest BCUT2D eigenvalue weighted by molar-refractivity contribution is 8.00. The fourth-order valence-corrected chi connectivity index (χ4v) is 5.66. The molecule has 0 N–H and O–H groups in total. The number of rotatable bonds is 7. The second kappa shape index (κ2) is 10.4. The van der Waals surface area contributed by atoms with Gasteiger partial charge >= 0.3 is 0 Å². The molecule has 1 aliphatic rings. The smallest absolute Gasteiger partial charge is 0.233 e. The van der Waals surface area contributed by atoms with Crippen LogP contribution in [0, 0.1) is 6.92 Å². The zero-order chi connectivity index (χ0) is 21.6. The molecule has 31 heavy (non-hydrogen) atoms. The monoisotopic (exact) mass is 452 g/mol. The number of fused-ring (bicyclic) bond motifs is 1. The molecule has 3 heterocycles. The number of hydrogen-bond donors (Lipinski definition) is 0. The number of benzene rings is 1. The Hall–Kier alpha value is -2.22. The first kappa shape index (κ1) is 22.0. The normalized spacial score (nSPS) is 15.2. The molecule has 0 bridgehead atoms. The van der Waals surface area contributed by atoms with Gasteiger partial charge in [-0.25, -0.2) is 9.97 Å². The lowest BCUT2D eigenvalue weighted by Gasteiger charge is -2.34. The molecule has 2 aromatic heterocycles. The number of hydrogen-bond acceptors (Lipinski definition) is 6. The van der Waals surface area contributed by atoms with Crippen molar-refractivity contribution in [2.24, 2.45) is 0 Å². The summed E-state index contributed by atoms with van der Waals surface area (Å²) in [5.41, 5.74) is 1.22. The van der Waals surface area contributed by atoms with Gasteiger partial charge in [0.2, 0.25) is 5.91 Å². The Kier molecular flexibility index (Phi) is 7.37. The minimum absolute atomic E-state index is 0.194. The van der Waals surface area contributed by atoms with E-state index in [4.69, 9.17) is 0 Å². The molecule has 0 aliphatic carbocycles. The van der Waals surface area contributed by atoms with E-state index in [9.17, 15) is 4.79 Å². The predicted octanol–water partition coefficient (Wildman–Crippen LogP) is 4.51. The number of thiophene rings is 1. The molecule has 1 aliphatic heterocycles. The Balaban J connectivity index is 1.27. The fourth-order valence-electron chi connectivity index (χ4n) is 3.63. The highest BCUT2D eigenvalue weighted by Gasteiger charge is 2.21. The van der Waals surface area contributed by atoms with E-state index in [0.29, 0.717) is 5.75 Å². The quantitative estimate of drug-likeness (QED) is 0.390. The summed E-state index contributed by atoms with van der Waals surface area (Å²) in [6.07, 6.45) is 5.36. The Bertz CT molecular complexity index is 1060. The third kappa shape index (κ3) is 5.73. The van der Waals surface area contributed by atoms with E-state index >= 15 is 0 Å². The van der Waals surface area contributed by atoms with E-state index in [1.165, 1.54) is 10.4 Å². The zero-order valence-corrected chi connectivity index (χ0v) is 19.7. The number of aryl methyl sites for hydroxylation is 2. The summed E-state index contributed by atoms with van der Waals surface area (Å²) in [6.45, 7) is 8.39. The SMILES string of the molecule is CCc1cc2c(SCC(=O)N3CCN(C/C=C/c4ccccc4)CC3)nc(C)nc2s1. The Labute approximate surface area is 192 Å². The molecular formula is C24H28N4OS2. The summed E-state index contributed by atoms with van der Waals surface area (Å²) in [5.74, 6) is 1.39. The van der Waals surface area contributed by atoms with Crippen LogP contribution in [0.5, 0.6) is 0 Å². The fraction of sp³-hybridized carbons (Fsp3) is 0.375. The van der Waals surface area contributed by atoms with Gasteiger partial charge in [0.1, 0.15) is 15.7 Å². The minimum Gasteiger partial charge on any atom is -0.339 e. The summed E-state index contributed by atoms with van der Waals surface area (Å²) in [7, 11) is 0. The van der Waals surface area contributed by atoms with Crippen molar-refractivity contribution in [2.75, 3.05) is 38.5 Å². The van der Waals surface area contributed by atoms with Gasteiger partial charge in [0, 0.05) is 43.0 Å². The standard InChI is InChI=1S/C24H28N4OS2/c1-3-20-16-21-23(25-18(2)26-24(21)31-20)30-17-22(29)28-14-12-27(13-15-28)11-7-10-19-8-5-4-6-9-19/h4-10,16H,3,11-15,17H2,1-2H3/b10-7+. The van der Waals surface area contributed by atoms with Crippen molar-refractivity contribution >= 4 is 45.3 Å².